The lowest BCUT2D eigenvalue weighted by atomic mass is 10.1. The number of aryl methyl sites for hydroxylation is 2. The first kappa shape index (κ1) is 15.3. The van der Waals surface area contributed by atoms with Gasteiger partial charge in [-0.1, -0.05) is 35.9 Å². The lowest BCUT2D eigenvalue weighted by molar-refractivity contribution is -0.113. The molecule has 0 saturated carbocycles. The van der Waals surface area contributed by atoms with Crippen LogP contribution in [0.15, 0.2) is 52.3 Å². The summed E-state index contributed by atoms with van der Waals surface area (Å²) in [7, 11) is -3.89. The maximum absolute atomic E-state index is 12.6. The number of benzene rings is 2. The van der Waals surface area contributed by atoms with Crippen molar-refractivity contribution in [3.05, 3.63) is 64.1 Å². The van der Waals surface area contributed by atoms with Crippen LogP contribution in [0, 0.1) is 13.8 Å². The van der Waals surface area contributed by atoms with Gasteiger partial charge in [-0.05, 0) is 31.5 Å². The molecule has 0 radical (unpaired) electrons. The van der Waals surface area contributed by atoms with Crippen LogP contribution in [-0.2, 0) is 14.6 Å². The second kappa shape index (κ2) is 5.24. The molecule has 6 heteroatoms. The molecule has 0 atom stereocenters. The van der Waals surface area contributed by atoms with E-state index in [1.807, 2.05) is 32.0 Å². The predicted octanol–water partition coefficient (Wildman–Crippen LogP) is 2.36. The Hall–Kier alpha value is -2.60. The van der Waals surface area contributed by atoms with E-state index in [2.05, 4.69) is 5.32 Å². The summed E-state index contributed by atoms with van der Waals surface area (Å²) >= 11 is 0. The molecule has 1 amide bonds. The van der Waals surface area contributed by atoms with Crippen molar-refractivity contribution >= 4 is 27.1 Å². The van der Waals surface area contributed by atoms with Crippen LogP contribution in [-0.4, -0.2) is 14.3 Å². The van der Waals surface area contributed by atoms with Crippen LogP contribution in [0.5, 0.6) is 0 Å². The normalized spacial score (nSPS) is 15.4. The van der Waals surface area contributed by atoms with E-state index in [1.54, 1.807) is 18.2 Å². The average molecular weight is 328 g/mol. The quantitative estimate of drug-likeness (QED) is 0.905. The van der Waals surface area contributed by atoms with Crippen molar-refractivity contribution in [2.45, 2.75) is 18.7 Å². The summed E-state index contributed by atoms with van der Waals surface area (Å²) in [6.07, 6.45) is 0. The van der Waals surface area contributed by atoms with E-state index in [0.29, 0.717) is 5.56 Å². The number of anilines is 1. The molecule has 0 aliphatic carbocycles. The van der Waals surface area contributed by atoms with Gasteiger partial charge in [0.05, 0.1) is 10.6 Å². The third kappa shape index (κ3) is 2.41. The molecule has 3 rings (SSSR count). The van der Waals surface area contributed by atoms with Crippen LogP contribution < -0.4 is 11.1 Å². The monoisotopic (exact) mass is 328 g/mol. The number of carbonyl (C=O) groups excluding carboxylic acids is 1. The third-order valence-electron chi connectivity index (χ3n) is 3.81. The maximum atomic E-state index is 12.6. The number of hydrogen-bond acceptors (Lipinski definition) is 4. The van der Waals surface area contributed by atoms with E-state index >= 15 is 0 Å². The number of primary amides is 1. The molecule has 2 aromatic carbocycles. The molecular formula is C17H16N2O3S. The summed E-state index contributed by atoms with van der Waals surface area (Å²) in [4.78, 5) is 11.5. The molecule has 118 valence electrons. The van der Waals surface area contributed by atoms with Gasteiger partial charge in [-0.25, -0.2) is 8.42 Å². The van der Waals surface area contributed by atoms with Crippen LogP contribution >= 0.6 is 0 Å². The van der Waals surface area contributed by atoms with Gasteiger partial charge in [-0.3, -0.25) is 4.79 Å². The minimum Gasteiger partial charge on any atom is -0.365 e. The topological polar surface area (TPSA) is 89.3 Å². The Bertz CT molecular complexity index is 960. The van der Waals surface area contributed by atoms with E-state index in [4.69, 9.17) is 5.73 Å². The van der Waals surface area contributed by atoms with Crippen LogP contribution in [0.3, 0.4) is 0 Å². The van der Waals surface area contributed by atoms with Crippen molar-refractivity contribution in [2.24, 2.45) is 5.73 Å². The molecule has 0 saturated heterocycles. The van der Waals surface area contributed by atoms with Crippen molar-refractivity contribution < 1.29 is 13.2 Å². The maximum Gasteiger partial charge on any atom is 0.262 e. The van der Waals surface area contributed by atoms with Gasteiger partial charge < -0.3 is 11.1 Å². The summed E-state index contributed by atoms with van der Waals surface area (Å²) in [5, 5.41) is 3.08. The molecule has 1 aliphatic heterocycles. The van der Waals surface area contributed by atoms with E-state index < -0.39 is 20.6 Å². The lowest BCUT2D eigenvalue weighted by Gasteiger charge is -2.12. The Morgan fingerprint density at radius 3 is 2.43 bits per heavy atom. The first-order chi connectivity index (χ1) is 10.8. The Morgan fingerprint density at radius 2 is 1.78 bits per heavy atom. The minimum absolute atomic E-state index is 0.0982. The summed E-state index contributed by atoms with van der Waals surface area (Å²) in [6, 6.07) is 12.2. The molecule has 3 N–H and O–H groups in total. The van der Waals surface area contributed by atoms with Gasteiger partial charge in [0.2, 0.25) is 9.84 Å². The number of fused-ring (bicyclic) bond motifs is 1. The molecule has 1 aliphatic rings. The number of rotatable bonds is 3. The van der Waals surface area contributed by atoms with Crippen molar-refractivity contribution in [3.8, 4) is 0 Å². The highest BCUT2D eigenvalue weighted by atomic mass is 32.2. The lowest BCUT2D eigenvalue weighted by Crippen LogP contribution is -2.20. The van der Waals surface area contributed by atoms with Crippen LogP contribution in [0.4, 0.5) is 5.69 Å². The minimum atomic E-state index is -3.89. The summed E-state index contributed by atoms with van der Waals surface area (Å²) in [5.41, 5.74) is 8.81. The summed E-state index contributed by atoms with van der Waals surface area (Å²) in [6.45, 7) is 3.88. The number of sulfone groups is 1. The van der Waals surface area contributed by atoms with Crippen LogP contribution in [0.2, 0.25) is 0 Å². The summed E-state index contributed by atoms with van der Waals surface area (Å²) in [5.74, 6) is -0.964. The third-order valence-corrected chi connectivity index (χ3v) is 5.68. The number of hydrogen-bond donors (Lipinski definition) is 2. The van der Waals surface area contributed by atoms with Crippen LogP contribution in [0.25, 0.3) is 5.70 Å². The van der Waals surface area contributed by atoms with E-state index in [9.17, 15) is 13.2 Å². The van der Waals surface area contributed by atoms with Gasteiger partial charge in [0.15, 0.2) is 4.91 Å². The fraction of sp³-hybridized carbons (Fsp3) is 0.118. The molecule has 0 bridgehead atoms. The number of nitrogens with two attached hydrogens (primary N) is 1. The van der Waals surface area contributed by atoms with Gasteiger partial charge in [0, 0.05) is 11.3 Å². The van der Waals surface area contributed by atoms with Crippen molar-refractivity contribution in [1.82, 2.24) is 0 Å². The van der Waals surface area contributed by atoms with Crippen molar-refractivity contribution in [1.29, 1.82) is 0 Å². The van der Waals surface area contributed by atoms with Gasteiger partial charge >= 0.3 is 0 Å². The Balaban J connectivity index is 2.22. The molecule has 0 spiro atoms. The molecular weight excluding hydrogens is 312 g/mol. The molecule has 0 aromatic heterocycles. The van der Waals surface area contributed by atoms with Gasteiger partial charge in [-0.15, -0.1) is 0 Å². The predicted molar refractivity (Wildman–Crippen MR) is 89.3 cm³/mol. The fourth-order valence-corrected chi connectivity index (χ4v) is 4.37. The van der Waals surface area contributed by atoms with Crippen molar-refractivity contribution in [2.75, 3.05) is 5.32 Å². The molecule has 0 fully saturated rings. The van der Waals surface area contributed by atoms with Gasteiger partial charge in [-0.2, -0.15) is 0 Å². The van der Waals surface area contributed by atoms with Gasteiger partial charge in [0.1, 0.15) is 0 Å². The first-order valence-corrected chi connectivity index (χ1v) is 8.53. The second-order valence-corrected chi connectivity index (χ2v) is 7.37. The second-order valence-electron chi connectivity index (χ2n) is 5.51. The van der Waals surface area contributed by atoms with Crippen LogP contribution in [0.1, 0.15) is 16.7 Å². The zero-order valence-corrected chi connectivity index (χ0v) is 13.6. The zero-order valence-electron chi connectivity index (χ0n) is 12.8. The molecule has 1 heterocycles. The van der Waals surface area contributed by atoms with Gasteiger partial charge in [0.25, 0.3) is 5.91 Å². The Morgan fingerprint density at radius 1 is 1.09 bits per heavy atom. The molecule has 23 heavy (non-hydrogen) atoms. The Labute approximate surface area is 134 Å². The van der Waals surface area contributed by atoms with E-state index in [-0.39, 0.29) is 10.6 Å². The molecule has 0 unspecified atom stereocenters. The summed E-state index contributed by atoms with van der Waals surface area (Å²) < 4.78 is 25.1. The number of nitrogens with one attached hydrogen (secondary N) is 1. The first-order valence-electron chi connectivity index (χ1n) is 7.05. The molecule has 5 nitrogen and oxygen atoms in total. The van der Waals surface area contributed by atoms with E-state index in [0.717, 1.165) is 16.8 Å². The standard InChI is InChI=1S/C17H16N2O3S/c1-10-7-8-13(11(2)9-10)19-15-12-5-3-4-6-14(12)23(21,22)16(15)17(18)20/h3-9,19H,1-2H3,(H2,18,20). The Kier molecular flexibility index (Phi) is 3.49. The van der Waals surface area contributed by atoms with Crippen molar-refractivity contribution in [3.63, 3.8) is 0 Å². The largest absolute Gasteiger partial charge is 0.365 e. The number of carbonyl (C=O) groups is 1. The zero-order chi connectivity index (χ0) is 16.8. The smallest absolute Gasteiger partial charge is 0.262 e. The fourth-order valence-electron chi connectivity index (χ4n) is 2.74. The number of amides is 1. The highest BCUT2D eigenvalue weighted by Gasteiger charge is 2.38. The highest BCUT2D eigenvalue weighted by molar-refractivity contribution is 7.97. The average Bonchev–Trinajstić information content (AvgIpc) is 2.70. The SMILES string of the molecule is Cc1ccc(NC2=C(C(N)=O)S(=O)(=O)c3ccccc32)c(C)c1. The molecule has 2 aromatic rings. The highest BCUT2D eigenvalue weighted by Crippen LogP contribution is 2.39. The van der Waals surface area contributed by atoms with E-state index in [1.165, 1.54) is 6.07 Å².